The minimum absolute atomic E-state index is 0.0649. The van der Waals surface area contributed by atoms with Crippen molar-refractivity contribution >= 4 is 12.2 Å². The molecule has 0 saturated carbocycles. The van der Waals surface area contributed by atoms with Crippen LogP contribution in [0.2, 0.25) is 0 Å². The van der Waals surface area contributed by atoms with E-state index in [-0.39, 0.29) is 5.91 Å². The Hall–Kier alpha value is -1.30. The van der Waals surface area contributed by atoms with E-state index in [4.69, 9.17) is 6.42 Å². The molecular weight excluding hydrogens is 152 g/mol. The second-order valence-electron chi connectivity index (χ2n) is 2.37. The van der Waals surface area contributed by atoms with Crippen molar-refractivity contribution in [1.29, 1.82) is 0 Å². The molecule has 0 N–H and O–H groups in total. The van der Waals surface area contributed by atoms with Gasteiger partial charge in [0, 0.05) is 19.5 Å². The lowest BCUT2D eigenvalue weighted by atomic mass is 10.2. The predicted octanol–water partition coefficient (Wildman–Crippen LogP) is 1.25. The number of rotatable bonds is 4. The fourth-order valence-electron chi connectivity index (χ4n) is 0.734. The maximum absolute atomic E-state index is 11.2. The highest BCUT2D eigenvalue weighted by Gasteiger charge is 2.06. The lowest BCUT2D eigenvalue weighted by Gasteiger charge is -2.07. The van der Waals surface area contributed by atoms with Gasteiger partial charge in [-0.25, -0.2) is 4.90 Å². The molecule has 0 heterocycles. The van der Waals surface area contributed by atoms with Crippen molar-refractivity contribution in [2.24, 2.45) is 4.99 Å². The van der Waals surface area contributed by atoms with Crippen molar-refractivity contribution in [3.8, 4) is 12.5 Å². The van der Waals surface area contributed by atoms with Gasteiger partial charge in [0.05, 0.1) is 0 Å². The quantitative estimate of drug-likeness (QED) is 0.268. The van der Waals surface area contributed by atoms with Crippen LogP contribution in [0.1, 0.15) is 26.2 Å². The summed E-state index contributed by atoms with van der Waals surface area (Å²) in [5.74, 6) is -0.0649. The third kappa shape index (κ3) is 3.77. The van der Waals surface area contributed by atoms with Gasteiger partial charge in [-0.2, -0.15) is 0 Å². The lowest BCUT2D eigenvalue weighted by molar-refractivity contribution is -0.125. The van der Waals surface area contributed by atoms with Gasteiger partial charge < -0.3 is 0 Å². The normalized spacial score (nSPS) is 9.75. The van der Waals surface area contributed by atoms with Crippen LogP contribution in [0.5, 0.6) is 0 Å². The zero-order chi connectivity index (χ0) is 9.40. The summed E-state index contributed by atoms with van der Waals surface area (Å²) in [6, 6.07) is 2.25. The molecule has 0 atom stereocenters. The second-order valence-corrected chi connectivity index (χ2v) is 2.37. The molecular formula is C9H14N2O. The molecule has 66 valence electrons. The number of unbranched alkanes of at least 4 members (excludes halogenated alkanes) is 1. The average Bonchev–Trinajstić information content (AvgIpc) is 2.10. The summed E-state index contributed by atoms with van der Waals surface area (Å²) in [7, 11) is 1.58. The van der Waals surface area contributed by atoms with Crippen molar-refractivity contribution in [3.63, 3.8) is 0 Å². The largest absolute Gasteiger partial charge is 0.278 e. The zero-order valence-electron chi connectivity index (χ0n) is 7.58. The Labute approximate surface area is 73.5 Å². The average molecular weight is 166 g/mol. The molecule has 0 radical (unpaired) electrons. The van der Waals surface area contributed by atoms with Gasteiger partial charge in [-0.05, 0) is 6.42 Å². The Kier molecular flexibility index (Phi) is 5.72. The molecule has 0 aliphatic rings. The van der Waals surface area contributed by atoms with Gasteiger partial charge in [0.2, 0.25) is 5.91 Å². The number of carbonyl (C=O) groups is 1. The van der Waals surface area contributed by atoms with Gasteiger partial charge in [0.1, 0.15) is 6.34 Å². The Balaban J connectivity index is 3.97. The molecule has 0 aliphatic heterocycles. The molecule has 0 aromatic carbocycles. The molecule has 0 bridgehead atoms. The number of carbonyl (C=O) groups excluding carboxylic acids is 1. The van der Waals surface area contributed by atoms with E-state index in [2.05, 4.69) is 11.0 Å². The summed E-state index contributed by atoms with van der Waals surface area (Å²) in [6.07, 6.45) is 8.81. The first-order chi connectivity index (χ1) is 5.76. The van der Waals surface area contributed by atoms with Crippen molar-refractivity contribution in [1.82, 2.24) is 4.90 Å². The predicted molar refractivity (Wildman–Crippen MR) is 49.6 cm³/mol. The first-order valence-corrected chi connectivity index (χ1v) is 3.96. The standard InChI is InChI=1S/C9H14N2O/c1-4-6-7-9(12)11(5-2)8-10-3/h2,8H,4,6-7H2,1,3H3/b10-8-. The minimum atomic E-state index is -0.0649. The maximum Gasteiger partial charge on any atom is 0.239 e. The smallest absolute Gasteiger partial charge is 0.239 e. The first kappa shape index (κ1) is 10.7. The summed E-state index contributed by atoms with van der Waals surface area (Å²) >= 11 is 0. The molecule has 0 saturated heterocycles. The molecule has 0 rings (SSSR count). The number of amides is 1. The summed E-state index contributed by atoms with van der Waals surface area (Å²) in [4.78, 5) is 16.1. The number of nitrogens with zero attached hydrogens (tertiary/aromatic N) is 2. The third-order valence-electron chi connectivity index (χ3n) is 1.38. The molecule has 0 spiro atoms. The Morgan fingerprint density at radius 1 is 1.75 bits per heavy atom. The van der Waals surface area contributed by atoms with Crippen LogP contribution in [0.15, 0.2) is 4.99 Å². The molecule has 0 unspecified atom stereocenters. The van der Waals surface area contributed by atoms with Crippen LogP contribution >= 0.6 is 0 Å². The van der Waals surface area contributed by atoms with Crippen LogP contribution in [0.4, 0.5) is 0 Å². The van der Waals surface area contributed by atoms with Crippen molar-refractivity contribution in [3.05, 3.63) is 0 Å². The van der Waals surface area contributed by atoms with Crippen LogP contribution in [-0.2, 0) is 4.79 Å². The molecule has 0 fully saturated rings. The van der Waals surface area contributed by atoms with Crippen molar-refractivity contribution < 1.29 is 4.79 Å². The highest BCUT2D eigenvalue weighted by atomic mass is 16.2. The van der Waals surface area contributed by atoms with Crippen LogP contribution in [0.3, 0.4) is 0 Å². The van der Waals surface area contributed by atoms with Crippen molar-refractivity contribution in [2.75, 3.05) is 7.05 Å². The van der Waals surface area contributed by atoms with Gasteiger partial charge in [-0.15, -0.1) is 0 Å². The molecule has 1 amide bonds. The topological polar surface area (TPSA) is 32.7 Å². The van der Waals surface area contributed by atoms with Crippen LogP contribution in [0.25, 0.3) is 0 Å². The monoisotopic (exact) mass is 166 g/mol. The van der Waals surface area contributed by atoms with E-state index in [1.807, 2.05) is 6.92 Å². The lowest BCUT2D eigenvalue weighted by Crippen LogP contribution is -2.24. The highest BCUT2D eigenvalue weighted by Crippen LogP contribution is 1.97. The highest BCUT2D eigenvalue weighted by molar-refractivity contribution is 5.89. The van der Waals surface area contributed by atoms with Gasteiger partial charge >= 0.3 is 0 Å². The van der Waals surface area contributed by atoms with Crippen LogP contribution in [0, 0.1) is 12.5 Å². The Bertz CT molecular complexity index is 203. The van der Waals surface area contributed by atoms with Crippen molar-refractivity contribution in [2.45, 2.75) is 26.2 Å². The molecule has 3 nitrogen and oxygen atoms in total. The van der Waals surface area contributed by atoms with E-state index in [9.17, 15) is 4.79 Å². The molecule has 0 aliphatic carbocycles. The van der Waals surface area contributed by atoms with Gasteiger partial charge in [-0.3, -0.25) is 9.79 Å². The number of terminal acetylenes is 1. The van der Waals surface area contributed by atoms with Gasteiger partial charge in [0.25, 0.3) is 0 Å². The fourth-order valence-corrected chi connectivity index (χ4v) is 0.734. The zero-order valence-corrected chi connectivity index (χ0v) is 7.58. The van der Waals surface area contributed by atoms with E-state index in [0.29, 0.717) is 6.42 Å². The number of hydrogen-bond donors (Lipinski definition) is 0. The first-order valence-electron chi connectivity index (χ1n) is 3.96. The van der Waals surface area contributed by atoms with Crippen LogP contribution in [-0.4, -0.2) is 24.2 Å². The molecule has 12 heavy (non-hydrogen) atoms. The minimum Gasteiger partial charge on any atom is -0.278 e. The van der Waals surface area contributed by atoms with E-state index in [0.717, 1.165) is 12.8 Å². The van der Waals surface area contributed by atoms with Crippen LogP contribution < -0.4 is 0 Å². The third-order valence-corrected chi connectivity index (χ3v) is 1.38. The SMILES string of the molecule is C#CN(/C=N\C)C(=O)CCCC. The summed E-state index contributed by atoms with van der Waals surface area (Å²) < 4.78 is 0. The van der Waals surface area contributed by atoms with Gasteiger partial charge in [0.15, 0.2) is 0 Å². The molecule has 0 aromatic rings. The number of hydrogen-bond acceptors (Lipinski definition) is 2. The van der Waals surface area contributed by atoms with E-state index >= 15 is 0 Å². The second kappa shape index (κ2) is 6.41. The van der Waals surface area contributed by atoms with Gasteiger partial charge in [-0.1, -0.05) is 19.8 Å². The van der Waals surface area contributed by atoms with E-state index in [1.165, 1.54) is 11.2 Å². The Morgan fingerprint density at radius 3 is 2.83 bits per heavy atom. The number of aliphatic imine (C=N–C) groups is 1. The van der Waals surface area contributed by atoms with E-state index in [1.54, 1.807) is 7.05 Å². The fraction of sp³-hybridized carbons (Fsp3) is 0.556. The summed E-state index contributed by atoms with van der Waals surface area (Å²) in [6.45, 7) is 2.03. The molecule has 3 heteroatoms. The summed E-state index contributed by atoms with van der Waals surface area (Å²) in [5, 5.41) is 0. The molecule has 0 aromatic heterocycles. The Morgan fingerprint density at radius 2 is 2.42 bits per heavy atom. The summed E-state index contributed by atoms with van der Waals surface area (Å²) in [5.41, 5.74) is 0. The van der Waals surface area contributed by atoms with E-state index < -0.39 is 0 Å². The maximum atomic E-state index is 11.2.